The Labute approximate surface area is 377 Å². The van der Waals surface area contributed by atoms with Gasteiger partial charge in [0.25, 0.3) is 0 Å². The lowest BCUT2D eigenvalue weighted by Gasteiger charge is -2.26. The van der Waals surface area contributed by atoms with Gasteiger partial charge in [-0.1, -0.05) is 168 Å². The van der Waals surface area contributed by atoms with Crippen LogP contribution in [0.1, 0.15) is 130 Å². The van der Waals surface area contributed by atoms with Gasteiger partial charge in [-0.3, -0.25) is 9.55 Å². The van der Waals surface area contributed by atoms with Gasteiger partial charge in [-0.05, 0) is 133 Å². The van der Waals surface area contributed by atoms with Crippen LogP contribution in [0, 0.1) is 0 Å². The minimum Gasteiger partial charge on any atom is -0.507 e. The van der Waals surface area contributed by atoms with Crippen molar-refractivity contribution in [2.45, 2.75) is 112 Å². The van der Waals surface area contributed by atoms with E-state index < -0.39 is 5.89 Å². The molecule has 0 aliphatic rings. The van der Waals surface area contributed by atoms with Crippen LogP contribution in [-0.4, -0.2) is 19.6 Å². The molecule has 6 aromatic carbocycles. The first kappa shape index (κ1) is 42.1. The van der Waals surface area contributed by atoms with Gasteiger partial charge in [-0.15, -0.1) is 0 Å². The number of phenols is 1. The highest BCUT2D eigenvalue weighted by molar-refractivity contribution is 5.97. The number of pyridine rings is 1. The van der Waals surface area contributed by atoms with Gasteiger partial charge in [-0.2, -0.15) is 0 Å². The molecule has 0 spiro atoms. The molecule has 0 aliphatic heterocycles. The predicted octanol–water partition coefficient (Wildman–Crippen LogP) is 16.4. The van der Waals surface area contributed by atoms with Gasteiger partial charge in [0.05, 0.1) is 28.0 Å². The Balaban J connectivity index is 1.39. The monoisotopic (exact) mass is 831 g/mol. The fourth-order valence-electron chi connectivity index (χ4n) is 8.65. The summed E-state index contributed by atoms with van der Waals surface area (Å²) in [6.45, 7) is 26.1. The normalized spacial score (nSPS) is 12.7. The molecule has 320 valence electrons. The van der Waals surface area contributed by atoms with E-state index in [4.69, 9.17) is 11.3 Å². The third-order valence-corrected chi connectivity index (χ3v) is 12.5. The lowest BCUT2D eigenvalue weighted by atomic mass is 9.83. The molecule has 2 aromatic heterocycles. The summed E-state index contributed by atoms with van der Waals surface area (Å²) >= 11 is 0. The average Bonchev–Trinajstić information content (AvgIpc) is 3.65. The number of hydrogen-bond acceptors (Lipinski definition) is 3. The van der Waals surface area contributed by atoms with Crippen molar-refractivity contribution in [3.8, 4) is 67.5 Å². The lowest BCUT2D eigenvalue weighted by molar-refractivity contribution is 0.466. The maximum absolute atomic E-state index is 12.3. The van der Waals surface area contributed by atoms with E-state index in [2.05, 4.69) is 207 Å². The molecule has 0 bridgehead atoms. The van der Waals surface area contributed by atoms with Crippen LogP contribution in [0.2, 0.25) is 0 Å². The zero-order valence-electron chi connectivity index (χ0n) is 40.2. The zero-order valence-corrected chi connectivity index (χ0v) is 39.2. The summed E-state index contributed by atoms with van der Waals surface area (Å²) in [5.74, 6) is 0.686. The predicted molar refractivity (Wildman–Crippen MR) is 267 cm³/mol. The molecule has 0 aliphatic carbocycles. The van der Waals surface area contributed by atoms with Gasteiger partial charge < -0.3 is 5.11 Å². The van der Waals surface area contributed by atoms with Crippen molar-refractivity contribution >= 4 is 11.0 Å². The van der Waals surface area contributed by atoms with E-state index in [-0.39, 0.29) is 28.4 Å². The van der Waals surface area contributed by atoms with Crippen molar-refractivity contribution < 1.29 is 6.48 Å². The van der Waals surface area contributed by atoms with E-state index in [9.17, 15) is 5.11 Å². The van der Waals surface area contributed by atoms with Gasteiger partial charge in [-0.25, -0.2) is 4.98 Å². The lowest BCUT2D eigenvalue weighted by Crippen LogP contribution is -2.16. The average molecular weight is 831 g/mol. The fraction of sp³-hybridized carbons (Fsp3) is 0.288. The second kappa shape index (κ2) is 16.8. The van der Waals surface area contributed by atoms with Crippen molar-refractivity contribution in [2.24, 2.45) is 0 Å². The van der Waals surface area contributed by atoms with Gasteiger partial charge in [0.2, 0.25) is 0 Å². The minimum atomic E-state index is -0.664. The van der Waals surface area contributed by atoms with Crippen LogP contribution in [0.15, 0.2) is 140 Å². The van der Waals surface area contributed by atoms with E-state index in [1.165, 1.54) is 22.3 Å². The Kier molecular flexibility index (Phi) is 11.2. The first-order chi connectivity index (χ1) is 30.2. The summed E-state index contributed by atoms with van der Waals surface area (Å²) in [6.07, 6.45) is 1.89. The summed E-state index contributed by atoms with van der Waals surface area (Å²) in [7, 11) is 0. The molecule has 0 saturated heterocycles. The number of nitrogens with zero attached hydrogens (tertiary/aromatic N) is 3. The van der Waals surface area contributed by atoms with Crippen LogP contribution in [-0.2, 0) is 10.8 Å². The third-order valence-electron chi connectivity index (χ3n) is 12.5. The molecular weight excluding hydrogens is 767 g/mol. The van der Waals surface area contributed by atoms with Crippen LogP contribution in [0.4, 0.5) is 0 Å². The van der Waals surface area contributed by atoms with Gasteiger partial charge in [0.1, 0.15) is 11.6 Å². The molecule has 8 aromatic rings. The number of aromatic hydroxyl groups is 1. The molecule has 0 saturated carbocycles. The molecule has 0 radical (unpaired) electrons. The first-order valence-electron chi connectivity index (χ1n) is 23.0. The second-order valence-corrected chi connectivity index (χ2v) is 20.2. The molecule has 0 atom stereocenters. The third kappa shape index (κ3) is 8.61. The van der Waals surface area contributed by atoms with Crippen LogP contribution in [0.25, 0.3) is 72.7 Å². The van der Waals surface area contributed by atoms with Crippen LogP contribution in [0.5, 0.6) is 5.75 Å². The number of aromatic nitrogens is 3. The second-order valence-electron chi connectivity index (χ2n) is 20.2. The smallest absolute Gasteiger partial charge is 0.149 e. The largest absolute Gasteiger partial charge is 0.507 e. The summed E-state index contributed by atoms with van der Waals surface area (Å²) in [5, 5.41) is 12.3. The van der Waals surface area contributed by atoms with Crippen LogP contribution < -0.4 is 0 Å². The summed E-state index contributed by atoms with van der Waals surface area (Å²) in [4.78, 5) is 10.6. The van der Waals surface area contributed by atoms with E-state index >= 15 is 0 Å². The van der Waals surface area contributed by atoms with Gasteiger partial charge in [0.15, 0.2) is 0 Å². The summed E-state index contributed by atoms with van der Waals surface area (Å²) < 4.78 is 10.8. The molecule has 0 unspecified atom stereocenters. The minimum absolute atomic E-state index is 0.113. The molecule has 4 heteroatoms. The Morgan fingerprint density at radius 1 is 0.556 bits per heavy atom. The molecular formula is C59H63N3O. The molecule has 4 nitrogen and oxygen atoms in total. The maximum atomic E-state index is 12.3. The summed E-state index contributed by atoms with van der Waals surface area (Å²) in [5.41, 5.74) is 17.1. The number of hydrogen-bond donors (Lipinski definition) is 1. The van der Waals surface area contributed by atoms with Gasteiger partial charge >= 0.3 is 0 Å². The highest BCUT2D eigenvalue weighted by Crippen LogP contribution is 2.45. The number of rotatable bonds is 9. The highest BCUT2D eigenvalue weighted by Gasteiger charge is 2.28. The van der Waals surface area contributed by atoms with E-state index in [1.54, 1.807) is 0 Å². The number of para-hydroxylation sites is 1. The number of fused-ring (bicyclic) bond motifs is 1. The van der Waals surface area contributed by atoms with Crippen molar-refractivity contribution in [3.05, 3.63) is 167 Å². The molecule has 1 N–H and O–H groups in total. The van der Waals surface area contributed by atoms with E-state index in [0.29, 0.717) is 5.82 Å². The zero-order chi connectivity index (χ0) is 45.9. The Hall–Kier alpha value is -6.26. The summed E-state index contributed by atoms with van der Waals surface area (Å²) in [6, 6.07) is 47.6. The van der Waals surface area contributed by atoms with E-state index in [0.717, 1.165) is 72.5 Å². The van der Waals surface area contributed by atoms with Crippen molar-refractivity contribution in [3.63, 3.8) is 0 Å². The molecule has 0 fully saturated rings. The first-order valence-corrected chi connectivity index (χ1v) is 22.5. The van der Waals surface area contributed by atoms with Crippen molar-refractivity contribution in [2.75, 3.05) is 0 Å². The van der Waals surface area contributed by atoms with Crippen LogP contribution in [0.3, 0.4) is 0 Å². The highest BCUT2D eigenvalue weighted by atomic mass is 16.3. The Morgan fingerprint density at radius 2 is 1.22 bits per heavy atom. The van der Waals surface area contributed by atoms with Crippen molar-refractivity contribution in [1.82, 2.24) is 14.5 Å². The van der Waals surface area contributed by atoms with Gasteiger partial charge in [0, 0.05) is 18.7 Å². The topological polar surface area (TPSA) is 50.9 Å². The Morgan fingerprint density at radius 3 is 1.87 bits per heavy atom. The van der Waals surface area contributed by atoms with E-state index in [1.807, 2.05) is 20.0 Å². The fourth-order valence-corrected chi connectivity index (χ4v) is 8.65. The SMILES string of the molecule is [2H]C(C)(C)c1ccc(-c2ccnc(-c3cc(-c4cccc5c4nc(-c4cc(C(C)C)cc(C(C)C)c4O)n5-c4ccc(-c5ccccc5)cc4C(C)(C)C)cc(C(C)(C)C)c3)c2)cc1. The molecule has 63 heavy (non-hydrogen) atoms. The van der Waals surface area contributed by atoms with Crippen LogP contribution >= 0.6 is 0 Å². The quantitative estimate of drug-likeness (QED) is 0.158. The Bertz CT molecular complexity index is 2990. The standard InChI is InChI=1S/C59H63N3O/c1-36(2)39-21-23-41(24-22-39)43-27-28-60-52(35-43)46-29-45(30-47(31-46)58(7,8)9)48-19-16-20-54-55(48)61-57(50-33-44(37(3)4)32-49(38(5)6)56(50)63)62(54)53-26-25-42(34-51(53)59(10,11)12)40-17-14-13-15-18-40/h13-38,63H,1-12H3/i36D. The number of imidazole rings is 1. The molecule has 0 amide bonds. The maximum Gasteiger partial charge on any atom is 0.149 e. The molecule has 2 heterocycles. The molecule has 8 rings (SSSR count). The van der Waals surface area contributed by atoms with Crippen molar-refractivity contribution in [1.29, 1.82) is 0 Å². The number of phenolic OH excluding ortho intramolecular Hbond substituents is 1. The number of benzene rings is 6.